The van der Waals surface area contributed by atoms with Gasteiger partial charge in [0.25, 0.3) is 0 Å². The van der Waals surface area contributed by atoms with E-state index < -0.39 is 0 Å². The molecule has 22 heavy (non-hydrogen) atoms. The first-order valence-corrected chi connectivity index (χ1v) is 7.75. The molecule has 0 fully saturated rings. The van der Waals surface area contributed by atoms with Crippen molar-refractivity contribution in [1.29, 1.82) is 0 Å². The second-order valence-electron chi connectivity index (χ2n) is 6.27. The standard InChI is InChI=1S/C20H23N2/c1-13(2)16-6-7-18-17(11-16)10-15(4)22(5)20(18)19-12-21-9-8-14(19)3/h6-13H,1-5H3/q+1/i10D. The Bertz CT molecular complexity index is 898. The highest BCUT2D eigenvalue weighted by Gasteiger charge is 2.20. The summed E-state index contributed by atoms with van der Waals surface area (Å²) in [5, 5.41) is 2.13. The molecule has 3 aromatic rings. The summed E-state index contributed by atoms with van der Waals surface area (Å²) in [5.74, 6) is 0.455. The Morgan fingerprint density at radius 1 is 1.18 bits per heavy atom. The van der Waals surface area contributed by atoms with Gasteiger partial charge in [-0.15, -0.1) is 0 Å². The SMILES string of the molecule is [2H]c1c(C)[n+](C)c(-c2cnccc2C)c2ccc(C(C)C)cc12. The molecule has 1 aromatic carbocycles. The lowest BCUT2D eigenvalue weighted by Gasteiger charge is -2.12. The van der Waals surface area contributed by atoms with E-state index in [1.54, 1.807) is 0 Å². The summed E-state index contributed by atoms with van der Waals surface area (Å²) in [4.78, 5) is 4.31. The molecule has 2 nitrogen and oxygen atoms in total. The molecule has 0 N–H and O–H groups in total. The topological polar surface area (TPSA) is 16.8 Å². The van der Waals surface area contributed by atoms with Crippen molar-refractivity contribution in [3.05, 3.63) is 59.5 Å². The summed E-state index contributed by atoms with van der Waals surface area (Å²) in [7, 11) is 2.03. The molecule has 2 heterocycles. The van der Waals surface area contributed by atoms with Crippen LogP contribution in [0.2, 0.25) is 0 Å². The molecule has 0 aliphatic heterocycles. The minimum absolute atomic E-state index is 0.455. The molecule has 0 spiro atoms. The molecule has 0 saturated heterocycles. The van der Waals surface area contributed by atoms with Gasteiger partial charge in [0.15, 0.2) is 5.69 Å². The van der Waals surface area contributed by atoms with Gasteiger partial charge in [-0.25, -0.2) is 0 Å². The lowest BCUT2D eigenvalue weighted by molar-refractivity contribution is -0.665. The van der Waals surface area contributed by atoms with E-state index >= 15 is 0 Å². The van der Waals surface area contributed by atoms with Crippen molar-refractivity contribution in [2.75, 3.05) is 0 Å². The van der Waals surface area contributed by atoms with E-state index in [9.17, 15) is 0 Å². The number of aryl methyl sites for hydroxylation is 1. The predicted molar refractivity (Wildman–Crippen MR) is 91.9 cm³/mol. The number of benzene rings is 1. The molecule has 0 radical (unpaired) electrons. The molecular formula is C20H23N2+. The Labute approximate surface area is 133 Å². The minimum atomic E-state index is 0.455. The smallest absolute Gasteiger partial charge is 0.222 e. The van der Waals surface area contributed by atoms with E-state index in [-0.39, 0.29) is 0 Å². The number of nitrogens with zero attached hydrogens (tertiary/aromatic N) is 2. The molecule has 112 valence electrons. The highest BCUT2D eigenvalue weighted by atomic mass is 14.9. The first-order valence-electron chi connectivity index (χ1n) is 8.25. The number of fused-ring (bicyclic) bond motifs is 1. The zero-order valence-corrected chi connectivity index (χ0v) is 13.9. The van der Waals surface area contributed by atoms with Crippen molar-refractivity contribution in [2.24, 2.45) is 7.05 Å². The monoisotopic (exact) mass is 292 g/mol. The Morgan fingerprint density at radius 2 is 1.95 bits per heavy atom. The van der Waals surface area contributed by atoms with Gasteiger partial charge in [0, 0.05) is 25.4 Å². The van der Waals surface area contributed by atoms with E-state index in [0.717, 1.165) is 27.7 Å². The fourth-order valence-electron chi connectivity index (χ4n) is 2.90. The Hall–Kier alpha value is -2.22. The van der Waals surface area contributed by atoms with Gasteiger partial charge in [0.1, 0.15) is 7.05 Å². The van der Waals surface area contributed by atoms with E-state index in [0.29, 0.717) is 12.0 Å². The number of aromatic nitrogens is 2. The van der Waals surface area contributed by atoms with Crippen molar-refractivity contribution >= 4 is 10.8 Å². The molecule has 3 rings (SSSR count). The van der Waals surface area contributed by atoms with Gasteiger partial charge in [-0.05, 0) is 41.5 Å². The quantitative estimate of drug-likeness (QED) is 0.637. The van der Waals surface area contributed by atoms with Crippen molar-refractivity contribution in [3.8, 4) is 11.3 Å². The molecule has 0 atom stereocenters. The second-order valence-corrected chi connectivity index (χ2v) is 6.27. The first kappa shape index (κ1) is 13.4. The summed E-state index contributed by atoms with van der Waals surface area (Å²) in [6.45, 7) is 8.49. The number of rotatable bonds is 2. The molecule has 0 aliphatic rings. The van der Waals surface area contributed by atoms with Crippen molar-refractivity contribution in [1.82, 2.24) is 4.98 Å². The van der Waals surface area contributed by atoms with Gasteiger partial charge in [-0.1, -0.05) is 26.0 Å². The second kappa shape index (κ2) is 5.53. The zero-order chi connectivity index (χ0) is 16.7. The van der Waals surface area contributed by atoms with Gasteiger partial charge >= 0.3 is 0 Å². The fourth-order valence-corrected chi connectivity index (χ4v) is 2.90. The Morgan fingerprint density at radius 3 is 2.64 bits per heavy atom. The highest BCUT2D eigenvalue weighted by Crippen LogP contribution is 2.30. The normalized spacial score (nSPS) is 12.0. The van der Waals surface area contributed by atoms with Crippen LogP contribution < -0.4 is 4.57 Å². The molecule has 0 amide bonds. The summed E-state index contributed by atoms with van der Waals surface area (Å²) in [6, 6.07) is 9.15. The molecule has 0 unspecified atom stereocenters. The Balaban J connectivity index is 2.45. The number of hydrogen-bond acceptors (Lipinski definition) is 1. The van der Waals surface area contributed by atoms with Crippen LogP contribution in [0.5, 0.6) is 0 Å². The molecule has 2 heteroatoms. The average Bonchev–Trinajstić information content (AvgIpc) is 2.54. The summed E-state index contributed by atoms with van der Waals surface area (Å²) in [5.41, 5.74) is 5.70. The van der Waals surface area contributed by atoms with Crippen LogP contribution in [0.4, 0.5) is 0 Å². The predicted octanol–water partition coefficient (Wildman–Crippen LogP) is 4.47. The van der Waals surface area contributed by atoms with Crippen LogP contribution in [0.15, 0.2) is 42.7 Å². The maximum absolute atomic E-state index is 8.54. The van der Waals surface area contributed by atoms with Crippen LogP contribution in [0, 0.1) is 13.8 Å². The lowest BCUT2D eigenvalue weighted by atomic mass is 9.96. The summed E-state index contributed by atoms with van der Waals surface area (Å²) >= 11 is 0. The maximum Gasteiger partial charge on any atom is 0.222 e. The third kappa shape index (κ3) is 2.39. The molecule has 2 aromatic heterocycles. The van der Waals surface area contributed by atoms with Gasteiger partial charge in [-0.3, -0.25) is 4.98 Å². The van der Waals surface area contributed by atoms with Gasteiger partial charge < -0.3 is 0 Å². The van der Waals surface area contributed by atoms with Gasteiger partial charge in [-0.2, -0.15) is 4.57 Å². The van der Waals surface area contributed by atoms with Gasteiger partial charge in [0.05, 0.1) is 12.3 Å². The van der Waals surface area contributed by atoms with Crippen LogP contribution in [-0.4, -0.2) is 4.98 Å². The maximum atomic E-state index is 8.54. The summed E-state index contributed by atoms with van der Waals surface area (Å²) in [6.07, 6.45) is 3.74. The first-order chi connectivity index (χ1) is 10.9. The lowest BCUT2D eigenvalue weighted by Crippen LogP contribution is -2.35. The Kier molecular flexibility index (Phi) is 3.38. The van der Waals surface area contributed by atoms with Crippen molar-refractivity contribution in [2.45, 2.75) is 33.6 Å². The molecule has 0 saturated carbocycles. The molecular weight excluding hydrogens is 268 g/mol. The van der Waals surface area contributed by atoms with Crippen LogP contribution in [0.1, 0.15) is 38.0 Å². The summed E-state index contributed by atoms with van der Waals surface area (Å²) < 4.78 is 10.7. The van der Waals surface area contributed by atoms with E-state index in [2.05, 4.69) is 48.5 Å². The van der Waals surface area contributed by atoms with Crippen LogP contribution in [0.3, 0.4) is 0 Å². The van der Waals surface area contributed by atoms with Crippen molar-refractivity contribution < 1.29 is 5.94 Å². The average molecular weight is 292 g/mol. The number of hydrogen-bond donors (Lipinski definition) is 0. The van der Waals surface area contributed by atoms with Crippen LogP contribution >= 0.6 is 0 Å². The van der Waals surface area contributed by atoms with Gasteiger partial charge in [0.2, 0.25) is 5.69 Å². The van der Waals surface area contributed by atoms with E-state index in [1.165, 1.54) is 11.1 Å². The minimum Gasteiger partial charge on any atom is -0.264 e. The molecule has 0 bridgehead atoms. The van der Waals surface area contributed by atoms with Crippen LogP contribution in [0.25, 0.3) is 22.0 Å². The van der Waals surface area contributed by atoms with Crippen molar-refractivity contribution in [3.63, 3.8) is 0 Å². The van der Waals surface area contributed by atoms with E-state index in [1.807, 2.05) is 32.4 Å². The third-order valence-electron chi connectivity index (χ3n) is 4.41. The van der Waals surface area contributed by atoms with E-state index in [4.69, 9.17) is 1.37 Å². The number of pyridine rings is 2. The molecule has 0 aliphatic carbocycles. The largest absolute Gasteiger partial charge is 0.264 e. The zero-order valence-electron chi connectivity index (χ0n) is 14.9. The fraction of sp³-hybridized carbons (Fsp3) is 0.300. The van der Waals surface area contributed by atoms with Crippen LogP contribution in [-0.2, 0) is 7.05 Å². The highest BCUT2D eigenvalue weighted by molar-refractivity contribution is 5.94. The third-order valence-corrected chi connectivity index (χ3v) is 4.41.